The van der Waals surface area contributed by atoms with E-state index in [1.807, 2.05) is 40.0 Å². The predicted molar refractivity (Wildman–Crippen MR) is 90.2 cm³/mol. The highest BCUT2D eigenvalue weighted by Crippen LogP contribution is 2.23. The van der Waals surface area contributed by atoms with E-state index in [4.69, 9.17) is 0 Å². The van der Waals surface area contributed by atoms with Crippen molar-refractivity contribution in [1.82, 2.24) is 10.2 Å². The Kier molecular flexibility index (Phi) is 6.87. The van der Waals surface area contributed by atoms with Crippen LogP contribution in [0, 0.1) is 5.41 Å². The highest BCUT2D eigenvalue weighted by atomic mass is 79.9. The summed E-state index contributed by atoms with van der Waals surface area (Å²) in [6.45, 7) is 6.80. The summed E-state index contributed by atoms with van der Waals surface area (Å²) in [6.07, 6.45) is 1.12. The van der Waals surface area contributed by atoms with Crippen LogP contribution in [0.5, 0.6) is 0 Å². The summed E-state index contributed by atoms with van der Waals surface area (Å²) >= 11 is 5.05. The van der Waals surface area contributed by atoms with Crippen LogP contribution < -0.4 is 5.32 Å². The minimum atomic E-state index is -0.382. The second-order valence-corrected chi connectivity index (χ2v) is 8.61. The van der Waals surface area contributed by atoms with Gasteiger partial charge in [-0.15, -0.1) is 11.3 Å². The lowest BCUT2D eigenvalue weighted by Crippen LogP contribution is -2.35. The minimum Gasteiger partial charge on any atom is -0.356 e. The Morgan fingerprint density at radius 1 is 1.33 bits per heavy atom. The molecule has 118 valence electrons. The van der Waals surface area contributed by atoms with Crippen LogP contribution in [-0.2, 0) is 16.1 Å². The maximum absolute atomic E-state index is 12.0. The molecule has 0 radical (unpaired) electrons. The minimum absolute atomic E-state index is 0.0201. The van der Waals surface area contributed by atoms with Crippen molar-refractivity contribution in [3.05, 3.63) is 20.8 Å². The number of thiophene rings is 1. The largest absolute Gasteiger partial charge is 0.356 e. The quantitative estimate of drug-likeness (QED) is 0.775. The lowest BCUT2D eigenvalue weighted by atomic mass is 9.96. The second-order valence-electron chi connectivity index (χ2n) is 6.07. The summed E-state index contributed by atoms with van der Waals surface area (Å²) in [6, 6.07) is 4.00. The van der Waals surface area contributed by atoms with Crippen LogP contribution in [0.25, 0.3) is 0 Å². The Balaban J connectivity index is 2.26. The highest BCUT2D eigenvalue weighted by Gasteiger charge is 2.20. The molecule has 2 amide bonds. The molecule has 0 atom stereocenters. The Bertz CT molecular complexity index is 494. The Morgan fingerprint density at radius 2 is 2.00 bits per heavy atom. The van der Waals surface area contributed by atoms with Gasteiger partial charge in [-0.1, -0.05) is 20.8 Å². The molecule has 1 N–H and O–H groups in total. The fraction of sp³-hybridized carbons (Fsp3) is 0.600. The van der Waals surface area contributed by atoms with Crippen LogP contribution in [0.15, 0.2) is 15.9 Å². The monoisotopic (exact) mass is 374 g/mol. The Labute approximate surface area is 139 Å². The summed E-state index contributed by atoms with van der Waals surface area (Å²) in [5.74, 6) is 0.122. The van der Waals surface area contributed by atoms with Gasteiger partial charge in [0.05, 0.1) is 10.3 Å². The summed E-state index contributed by atoms with van der Waals surface area (Å²) in [5, 5.41) is 2.86. The van der Waals surface area contributed by atoms with Gasteiger partial charge < -0.3 is 10.2 Å². The van der Waals surface area contributed by atoms with Crippen LogP contribution in [0.2, 0.25) is 0 Å². The maximum atomic E-state index is 12.0. The molecular weight excluding hydrogens is 352 g/mol. The van der Waals surface area contributed by atoms with Gasteiger partial charge in [0.15, 0.2) is 0 Å². The number of hydrogen-bond donors (Lipinski definition) is 1. The molecule has 0 unspecified atom stereocenters. The first-order valence-electron chi connectivity index (χ1n) is 6.96. The van der Waals surface area contributed by atoms with Crippen LogP contribution in [0.3, 0.4) is 0 Å². The van der Waals surface area contributed by atoms with Gasteiger partial charge >= 0.3 is 0 Å². The Hall–Kier alpha value is -0.880. The van der Waals surface area contributed by atoms with Crippen molar-refractivity contribution < 1.29 is 9.59 Å². The molecule has 1 rings (SSSR count). The second kappa shape index (κ2) is 7.94. The molecule has 0 fully saturated rings. The first-order chi connectivity index (χ1) is 9.70. The van der Waals surface area contributed by atoms with Gasteiger partial charge in [0.25, 0.3) is 0 Å². The lowest BCUT2D eigenvalue weighted by Gasteiger charge is -2.18. The van der Waals surface area contributed by atoms with E-state index in [1.165, 1.54) is 0 Å². The molecule has 4 nitrogen and oxygen atoms in total. The molecular formula is C15H23BrN2O2S. The molecule has 6 heteroatoms. The number of halogens is 1. The van der Waals surface area contributed by atoms with Crippen molar-refractivity contribution in [2.24, 2.45) is 5.41 Å². The van der Waals surface area contributed by atoms with Crippen LogP contribution in [0.1, 0.15) is 38.5 Å². The third-order valence-electron chi connectivity index (χ3n) is 2.98. The van der Waals surface area contributed by atoms with Gasteiger partial charge in [-0.2, -0.15) is 0 Å². The molecule has 1 aromatic rings. The molecule has 21 heavy (non-hydrogen) atoms. The number of rotatable bonds is 6. The maximum Gasteiger partial charge on any atom is 0.225 e. The number of hydrogen-bond acceptors (Lipinski definition) is 3. The first kappa shape index (κ1) is 18.2. The van der Waals surface area contributed by atoms with Crippen molar-refractivity contribution >= 4 is 39.1 Å². The van der Waals surface area contributed by atoms with E-state index in [1.54, 1.807) is 16.2 Å². The average molecular weight is 375 g/mol. The molecule has 0 saturated carbocycles. The molecule has 0 saturated heterocycles. The van der Waals surface area contributed by atoms with E-state index in [0.29, 0.717) is 25.9 Å². The SMILES string of the molecule is CN(Cc1ccc(Br)s1)C(=O)CCCNC(=O)C(C)(C)C. The summed E-state index contributed by atoms with van der Waals surface area (Å²) in [4.78, 5) is 26.6. The van der Waals surface area contributed by atoms with Crippen molar-refractivity contribution in [3.8, 4) is 0 Å². The third-order valence-corrected chi connectivity index (χ3v) is 4.59. The van der Waals surface area contributed by atoms with Gasteiger partial charge in [-0.25, -0.2) is 0 Å². The number of nitrogens with one attached hydrogen (secondary N) is 1. The van der Waals surface area contributed by atoms with E-state index >= 15 is 0 Å². The zero-order valence-electron chi connectivity index (χ0n) is 13.0. The molecule has 1 heterocycles. The van der Waals surface area contributed by atoms with E-state index < -0.39 is 0 Å². The van der Waals surface area contributed by atoms with Crippen LogP contribution in [-0.4, -0.2) is 30.3 Å². The normalized spacial score (nSPS) is 11.3. The molecule has 0 aliphatic carbocycles. The average Bonchev–Trinajstić information content (AvgIpc) is 2.78. The number of carbonyl (C=O) groups excluding carboxylic acids is 2. The molecule has 0 aromatic carbocycles. The van der Waals surface area contributed by atoms with E-state index in [0.717, 1.165) is 8.66 Å². The van der Waals surface area contributed by atoms with Crippen LogP contribution in [0.4, 0.5) is 0 Å². The van der Waals surface area contributed by atoms with Crippen molar-refractivity contribution in [3.63, 3.8) is 0 Å². The van der Waals surface area contributed by atoms with E-state index in [9.17, 15) is 9.59 Å². The molecule has 0 spiro atoms. The van der Waals surface area contributed by atoms with Crippen LogP contribution >= 0.6 is 27.3 Å². The fourth-order valence-corrected chi connectivity index (χ4v) is 3.19. The van der Waals surface area contributed by atoms with E-state index in [2.05, 4.69) is 21.2 Å². The predicted octanol–water partition coefficient (Wildman–Crippen LogP) is 3.41. The standard InChI is InChI=1S/C15H23BrN2O2S/c1-15(2,3)14(20)17-9-5-6-13(19)18(4)10-11-7-8-12(16)21-11/h7-8H,5-6,9-10H2,1-4H3,(H,17,20). The highest BCUT2D eigenvalue weighted by molar-refractivity contribution is 9.11. The fourth-order valence-electron chi connectivity index (χ4n) is 1.66. The third kappa shape index (κ3) is 6.61. The molecule has 0 aliphatic heterocycles. The summed E-state index contributed by atoms with van der Waals surface area (Å²) in [7, 11) is 1.81. The summed E-state index contributed by atoms with van der Waals surface area (Å²) in [5.41, 5.74) is -0.382. The zero-order chi connectivity index (χ0) is 16.0. The molecule has 1 aromatic heterocycles. The topological polar surface area (TPSA) is 49.4 Å². The smallest absolute Gasteiger partial charge is 0.225 e. The number of carbonyl (C=O) groups is 2. The van der Waals surface area contributed by atoms with Gasteiger partial charge in [-0.05, 0) is 34.5 Å². The van der Waals surface area contributed by atoms with Gasteiger partial charge in [0.1, 0.15) is 0 Å². The van der Waals surface area contributed by atoms with Gasteiger partial charge in [0, 0.05) is 30.3 Å². The molecule has 0 aliphatic rings. The zero-order valence-corrected chi connectivity index (χ0v) is 15.4. The van der Waals surface area contributed by atoms with E-state index in [-0.39, 0.29) is 17.2 Å². The van der Waals surface area contributed by atoms with Crippen molar-refractivity contribution in [2.75, 3.05) is 13.6 Å². The molecule has 0 bridgehead atoms. The Morgan fingerprint density at radius 3 is 2.52 bits per heavy atom. The van der Waals surface area contributed by atoms with Crippen molar-refractivity contribution in [2.45, 2.75) is 40.2 Å². The number of amides is 2. The van der Waals surface area contributed by atoms with Gasteiger partial charge in [0.2, 0.25) is 11.8 Å². The van der Waals surface area contributed by atoms with Gasteiger partial charge in [-0.3, -0.25) is 9.59 Å². The first-order valence-corrected chi connectivity index (χ1v) is 8.57. The number of nitrogens with zero attached hydrogens (tertiary/aromatic N) is 1. The van der Waals surface area contributed by atoms with Crippen molar-refractivity contribution in [1.29, 1.82) is 0 Å². The lowest BCUT2D eigenvalue weighted by molar-refractivity contribution is -0.131. The summed E-state index contributed by atoms with van der Waals surface area (Å²) < 4.78 is 1.07.